The molecule has 2 amide bonds. The van der Waals surface area contributed by atoms with Crippen LogP contribution in [0.3, 0.4) is 0 Å². The van der Waals surface area contributed by atoms with Gasteiger partial charge in [-0.3, -0.25) is 9.59 Å². The van der Waals surface area contributed by atoms with Crippen LogP contribution in [-0.2, 0) is 9.59 Å². The van der Waals surface area contributed by atoms with Crippen molar-refractivity contribution in [1.29, 1.82) is 0 Å². The molecule has 0 aromatic heterocycles. The Bertz CT molecular complexity index is 494. The zero-order valence-corrected chi connectivity index (χ0v) is 11.5. The van der Waals surface area contributed by atoms with Crippen molar-refractivity contribution >= 4 is 17.5 Å². The fourth-order valence-electron chi connectivity index (χ4n) is 2.26. The molecule has 1 aliphatic rings. The lowest BCUT2D eigenvalue weighted by molar-refractivity contribution is -0.136. The van der Waals surface area contributed by atoms with Gasteiger partial charge in [0, 0.05) is 12.2 Å². The Morgan fingerprint density at radius 3 is 2.55 bits per heavy atom. The third-order valence-corrected chi connectivity index (χ3v) is 3.35. The van der Waals surface area contributed by atoms with E-state index in [1.807, 2.05) is 18.2 Å². The van der Waals surface area contributed by atoms with Crippen molar-refractivity contribution in [2.75, 3.05) is 11.9 Å². The predicted octanol–water partition coefficient (Wildman–Crippen LogP) is 2.63. The maximum Gasteiger partial charge on any atom is 0.313 e. The summed E-state index contributed by atoms with van der Waals surface area (Å²) in [7, 11) is 0. The predicted molar refractivity (Wildman–Crippen MR) is 79.2 cm³/mol. The van der Waals surface area contributed by atoms with Crippen LogP contribution >= 0.6 is 0 Å². The molecule has 0 radical (unpaired) electrons. The van der Waals surface area contributed by atoms with Gasteiger partial charge in [0.1, 0.15) is 0 Å². The smallest absolute Gasteiger partial charge is 0.313 e. The molecule has 0 aliphatic heterocycles. The quantitative estimate of drug-likeness (QED) is 0.654. The zero-order chi connectivity index (χ0) is 14.2. The summed E-state index contributed by atoms with van der Waals surface area (Å²) in [5, 5.41) is 5.22. The minimum absolute atomic E-state index is 0.521. The van der Waals surface area contributed by atoms with Gasteiger partial charge in [0.15, 0.2) is 0 Å². The van der Waals surface area contributed by atoms with E-state index in [9.17, 15) is 9.59 Å². The highest BCUT2D eigenvalue weighted by Gasteiger charge is 2.13. The Morgan fingerprint density at radius 2 is 1.85 bits per heavy atom. The van der Waals surface area contributed by atoms with Crippen molar-refractivity contribution in [2.24, 2.45) is 0 Å². The molecule has 1 aliphatic carbocycles. The van der Waals surface area contributed by atoms with E-state index in [1.165, 1.54) is 18.4 Å². The van der Waals surface area contributed by atoms with Crippen molar-refractivity contribution in [3.8, 4) is 0 Å². The minimum atomic E-state index is -0.617. The number of hydrogen-bond donors (Lipinski definition) is 2. The molecule has 2 N–H and O–H groups in total. The number of allylic oxidation sites excluding steroid dienone is 1. The molecule has 0 heterocycles. The third-order valence-electron chi connectivity index (χ3n) is 3.35. The molecule has 0 saturated carbocycles. The first-order valence-corrected chi connectivity index (χ1v) is 7.08. The standard InChI is InChI=1S/C16H20N2O2/c19-15(16(20)18-14-9-5-2-6-10-14)17-12-11-13-7-3-1-4-8-13/h2,5-7,9-10H,1,3-4,8,11-12H2,(H,17,19)(H,18,20). The normalized spacial score (nSPS) is 14.3. The van der Waals surface area contributed by atoms with E-state index in [0.29, 0.717) is 12.2 Å². The fraction of sp³-hybridized carbons (Fsp3) is 0.375. The Hall–Kier alpha value is -2.10. The number of para-hydroxylation sites is 1. The van der Waals surface area contributed by atoms with Crippen molar-refractivity contribution in [2.45, 2.75) is 32.1 Å². The fourth-order valence-corrected chi connectivity index (χ4v) is 2.26. The second-order valence-corrected chi connectivity index (χ2v) is 4.93. The topological polar surface area (TPSA) is 58.2 Å². The molecule has 0 unspecified atom stereocenters. The molecule has 0 atom stereocenters. The van der Waals surface area contributed by atoms with E-state index in [2.05, 4.69) is 16.7 Å². The average molecular weight is 272 g/mol. The van der Waals surface area contributed by atoms with Gasteiger partial charge in [-0.1, -0.05) is 29.8 Å². The van der Waals surface area contributed by atoms with E-state index < -0.39 is 11.8 Å². The number of hydrogen-bond acceptors (Lipinski definition) is 2. The molecule has 1 aromatic carbocycles. The summed E-state index contributed by atoms with van der Waals surface area (Å²) in [6, 6.07) is 8.97. The van der Waals surface area contributed by atoms with Gasteiger partial charge in [-0.05, 0) is 44.2 Å². The Morgan fingerprint density at radius 1 is 1.05 bits per heavy atom. The molecule has 0 fully saturated rings. The number of anilines is 1. The van der Waals surface area contributed by atoms with Crippen LogP contribution < -0.4 is 10.6 Å². The van der Waals surface area contributed by atoms with E-state index in [0.717, 1.165) is 19.3 Å². The summed E-state index contributed by atoms with van der Waals surface area (Å²) in [6.45, 7) is 0.521. The van der Waals surface area contributed by atoms with E-state index >= 15 is 0 Å². The first-order valence-electron chi connectivity index (χ1n) is 7.08. The van der Waals surface area contributed by atoms with Crippen molar-refractivity contribution < 1.29 is 9.59 Å². The first-order chi connectivity index (χ1) is 9.75. The van der Waals surface area contributed by atoms with Crippen molar-refractivity contribution in [1.82, 2.24) is 5.32 Å². The van der Waals surface area contributed by atoms with Gasteiger partial charge < -0.3 is 10.6 Å². The number of rotatable bonds is 4. The van der Waals surface area contributed by atoms with Crippen LogP contribution in [-0.4, -0.2) is 18.4 Å². The third kappa shape index (κ3) is 4.53. The molecular formula is C16H20N2O2. The van der Waals surface area contributed by atoms with Crippen molar-refractivity contribution in [3.63, 3.8) is 0 Å². The van der Waals surface area contributed by atoms with Crippen LogP contribution in [0.1, 0.15) is 32.1 Å². The number of benzene rings is 1. The molecule has 0 bridgehead atoms. The van der Waals surface area contributed by atoms with E-state index in [1.54, 1.807) is 12.1 Å². The lowest BCUT2D eigenvalue weighted by atomic mass is 9.97. The number of carbonyl (C=O) groups is 2. The summed E-state index contributed by atoms with van der Waals surface area (Å²) in [5.74, 6) is -1.20. The van der Waals surface area contributed by atoms with Gasteiger partial charge in [-0.25, -0.2) is 0 Å². The molecule has 1 aromatic rings. The molecule has 4 nitrogen and oxygen atoms in total. The second-order valence-electron chi connectivity index (χ2n) is 4.93. The largest absolute Gasteiger partial charge is 0.348 e. The van der Waals surface area contributed by atoms with Crippen molar-refractivity contribution in [3.05, 3.63) is 42.0 Å². The summed E-state index contributed by atoms with van der Waals surface area (Å²) in [4.78, 5) is 23.3. The minimum Gasteiger partial charge on any atom is -0.348 e. The maximum absolute atomic E-state index is 11.7. The Balaban J connectivity index is 1.71. The van der Waals surface area contributed by atoms with Crippen LogP contribution in [0.25, 0.3) is 0 Å². The summed E-state index contributed by atoms with van der Waals surface area (Å²) >= 11 is 0. The van der Waals surface area contributed by atoms with Gasteiger partial charge in [0.05, 0.1) is 0 Å². The van der Waals surface area contributed by atoms with E-state index in [-0.39, 0.29) is 0 Å². The average Bonchev–Trinajstić information content (AvgIpc) is 2.49. The molecular weight excluding hydrogens is 252 g/mol. The highest BCUT2D eigenvalue weighted by molar-refractivity contribution is 6.39. The van der Waals surface area contributed by atoms with E-state index in [4.69, 9.17) is 0 Å². The second kappa shape index (κ2) is 7.48. The van der Waals surface area contributed by atoms with Gasteiger partial charge in [0.25, 0.3) is 0 Å². The van der Waals surface area contributed by atoms with Gasteiger partial charge in [-0.15, -0.1) is 0 Å². The molecule has 0 saturated heterocycles. The number of nitrogens with one attached hydrogen (secondary N) is 2. The summed E-state index contributed by atoms with van der Waals surface area (Å²) < 4.78 is 0. The highest BCUT2D eigenvalue weighted by atomic mass is 16.2. The monoisotopic (exact) mass is 272 g/mol. The van der Waals surface area contributed by atoms with Gasteiger partial charge >= 0.3 is 11.8 Å². The SMILES string of the molecule is O=C(NCCC1=CCCCC1)C(=O)Nc1ccccc1. The van der Waals surface area contributed by atoms with Crippen LogP contribution in [0.2, 0.25) is 0 Å². The van der Waals surface area contributed by atoms with Gasteiger partial charge in [0.2, 0.25) is 0 Å². The summed E-state index contributed by atoms with van der Waals surface area (Å²) in [6.07, 6.45) is 7.83. The first kappa shape index (κ1) is 14.3. The lowest BCUT2D eigenvalue weighted by Gasteiger charge is -2.12. The maximum atomic E-state index is 11.7. The summed E-state index contributed by atoms with van der Waals surface area (Å²) in [5.41, 5.74) is 2.02. The van der Waals surface area contributed by atoms with Crippen LogP contribution in [0.5, 0.6) is 0 Å². The molecule has 20 heavy (non-hydrogen) atoms. The zero-order valence-electron chi connectivity index (χ0n) is 11.5. The molecule has 4 heteroatoms. The Labute approximate surface area is 119 Å². The Kier molecular flexibility index (Phi) is 5.35. The molecule has 2 rings (SSSR count). The van der Waals surface area contributed by atoms with Crippen LogP contribution in [0, 0.1) is 0 Å². The molecule has 106 valence electrons. The van der Waals surface area contributed by atoms with Crippen LogP contribution in [0.4, 0.5) is 5.69 Å². The van der Waals surface area contributed by atoms with Crippen LogP contribution in [0.15, 0.2) is 42.0 Å². The lowest BCUT2D eigenvalue weighted by Crippen LogP contribution is -2.36. The molecule has 0 spiro atoms. The van der Waals surface area contributed by atoms with Gasteiger partial charge in [-0.2, -0.15) is 0 Å². The number of amides is 2. The number of carbonyl (C=O) groups excluding carboxylic acids is 2. The highest BCUT2D eigenvalue weighted by Crippen LogP contribution is 2.19.